The van der Waals surface area contributed by atoms with E-state index in [1.54, 1.807) is 35.9 Å². The fraction of sp³-hybridized carbons (Fsp3) is 0.190. The van der Waals surface area contributed by atoms with E-state index in [1.807, 2.05) is 50.2 Å². The van der Waals surface area contributed by atoms with Crippen molar-refractivity contribution in [3.05, 3.63) is 71.5 Å². The van der Waals surface area contributed by atoms with Crippen LogP contribution in [0.1, 0.15) is 23.9 Å². The van der Waals surface area contributed by atoms with Gasteiger partial charge in [0.25, 0.3) is 5.91 Å². The zero-order valence-electron chi connectivity index (χ0n) is 15.4. The van der Waals surface area contributed by atoms with Gasteiger partial charge in [0, 0.05) is 5.69 Å². The number of carbonyl (C=O) groups excluding carboxylic acids is 1. The normalized spacial score (nSPS) is 11.5. The van der Waals surface area contributed by atoms with Crippen LogP contribution < -0.4 is 10.1 Å². The van der Waals surface area contributed by atoms with Gasteiger partial charge in [-0.1, -0.05) is 12.1 Å². The van der Waals surface area contributed by atoms with Gasteiger partial charge >= 0.3 is 0 Å². The van der Waals surface area contributed by atoms with Crippen molar-refractivity contribution < 1.29 is 9.53 Å². The maximum Gasteiger partial charge on any atom is 0.265 e. The summed E-state index contributed by atoms with van der Waals surface area (Å²) in [5, 5.41) is 16.2. The number of nitrogens with zero attached hydrogens (tertiary/aromatic N) is 3. The minimum atomic E-state index is -0.702. The van der Waals surface area contributed by atoms with E-state index in [9.17, 15) is 4.79 Å². The van der Waals surface area contributed by atoms with Crippen LogP contribution in [0.3, 0.4) is 0 Å². The Labute approximate surface area is 158 Å². The molecule has 0 radical (unpaired) electrons. The van der Waals surface area contributed by atoms with Gasteiger partial charge < -0.3 is 10.1 Å². The van der Waals surface area contributed by atoms with Gasteiger partial charge in [-0.3, -0.25) is 4.79 Å². The molecule has 1 unspecified atom stereocenters. The predicted octanol–water partition coefficient (Wildman–Crippen LogP) is 3.77. The quantitative estimate of drug-likeness (QED) is 0.751. The first-order chi connectivity index (χ1) is 13.0. The first kappa shape index (κ1) is 18.2. The van der Waals surface area contributed by atoms with Gasteiger partial charge in [0.2, 0.25) is 0 Å². The zero-order valence-corrected chi connectivity index (χ0v) is 15.4. The van der Waals surface area contributed by atoms with Crippen LogP contribution in [-0.4, -0.2) is 21.8 Å². The molecule has 0 saturated carbocycles. The Morgan fingerprint density at radius 3 is 2.52 bits per heavy atom. The third-order valence-electron chi connectivity index (χ3n) is 4.07. The second kappa shape index (κ2) is 7.75. The van der Waals surface area contributed by atoms with Gasteiger partial charge in [-0.2, -0.15) is 10.4 Å². The van der Waals surface area contributed by atoms with Crippen LogP contribution in [0.25, 0.3) is 5.69 Å². The molecule has 0 aliphatic carbocycles. The van der Waals surface area contributed by atoms with Crippen LogP contribution in [0, 0.1) is 25.2 Å². The SMILES string of the molecule is Cc1cc(C)n(-c2ccccc2NC(=O)C(C)Oc2ccc(C#N)cc2)n1. The second-order valence-electron chi connectivity index (χ2n) is 6.24. The monoisotopic (exact) mass is 360 g/mol. The fourth-order valence-electron chi connectivity index (χ4n) is 2.74. The number of anilines is 1. The summed E-state index contributed by atoms with van der Waals surface area (Å²) in [7, 11) is 0. The van der Waals surface area contributed by atoms with Gasteiger partial charge in [0.1, 0.15) is 5.75 Å². The van der Waals surface area contributed by atoms with Crippen molar-refractivity contribution in [2.75, 3.05) is 5.32 Å². The van der Waals surface area contributed by atoms with E-state index in [0.29, 0.717) is 17.0 Å². The summed E-state index contributed by atoms with van der Waals surface area (Å²) in [6.45, 7) is 5.58. The maximum absolute atomic E-state index is 12.6. The lowest BCUT2D eigenvalue weighted by molar-refractivity contribution is -0.122. The summed E-state index contributed by atoms with van der Waals surface area (Å²) in [6, 6.07) is 18.2. The Morgan fingerprint density at radius 1 is 1.19 bits per heavy atom. The number of ether oxygens (including phenoxy) is 1. The van der Waals surface area contributed by atoms with E-state index in [2.05, 4.69) is 10.4 Å². The molecule has 1 heterocycles. The Hall–Kier alpha value is -3.59. The molecule has 0 aliphatic rings. The molecule has 3 rings (SSSR count). The van der Waals surface area contributed by atoms with Crippen LogP contribution in [-0.2, 0) is 4.79 Å². The van der Waals surface area contributed by atoms with E-state index in [0.717, 1.165) is 17.1 Å². The molecule has 0 spiro atoms. The molecule has 1 N–H and O–H groups in total. The average Bonchev–Trinajstić information content (AvgIpc) is 3.00. The lowest BCUT2D eigenvalue weighted by Gasteiger charge is -2.17. The molecule has 136 valence electrons. The zero-order chi connectivity index (χ0) is 19.4. The lowest BCUT2D eigenvalue weighted by atomic mass is 10.2. The van der Waals surface area contributed by atoms with Crippen LogP contribution in [0.4, 0.5) is 5.69 Å². The van der Waals surface area contributed by atoms with Crippen molar-refractivity contribution in [1.82, 2.24) is 9.78 Å². The number of carbonyl (C=O) groups is 1. The van der Waals surface area contributed by atoms with Crippen LogP contribution in [0.15, 0.2) is 54.6 Å². The molecule has 1 aromatic heterocycles. The number of aryl methyl sites for hydroxylation is 2. The minimum absolute atomic E-state index is 0.270. The number of para-hydroxylation sites is 2. The number of amides is 1. The number of nitrogens with one attached hydrogen (secondary N) is 1. The minimum Gasteiger partial charge on any atom is -0.481 e. The molecule has 0 bridgehead atoms. The Bertz CT molecular complexity index is 1000. The molecule has 27 heavy (non-hydrogen) atoms. The Morgan fingerprint density at radius 2 is 1.89 bits per heavy atom. The fourth-order valence-corrected chi connectivity index (χ4v) is 2.74. The molecule has 6 nitrogen and oxygen atoms in total. The highest BCUT2D eigenvalue weighted by atomic mass is 16.5. The van der Waals surface area contributed by atoms with Crippen molar-refractivity contribution in [2.45, 2.75) is 26.9 Å². The van der Waals surface area contributed by atoms with Crippen LogP contribution in [0.5, 0.6) is 5.75 Å². The molecule has 0 saturated heterocycles. The summed E-state index contributed by atoms with van der Waals surface area (Å²) >= 11 is 0. The maximum atomic E-state index is 12.6. The molecule has 6 heteroatoms. The summed E-state index contributed by atoms with van der Waals surface area (Å²) in [5.41, 5.74) is 3.88. The highest BCUT2D eigenvalue weighted by Gasteiger charge is 2.17. The number of rotatable bonds is 5. The highest BCUT2D eigenvalue weighted by Crippen LogP contribution is 2.22. The van der Waals surface area contributed by atoms with Crippen molar-refractivity contribution in [3.63, 3.8) is 0 Å². The molecule has 0 fully saturated rings. The summed E-state index contributed by atoms with van der Waals surface area (Å²) in [6.07, 6.45) is -0.702. The van der Waals surface area contributed by atoms with E-state index < -0.39 is 6.10 Å². The summed E-state index contributed by atoms with van der Waals surface area (Å²) < 4.78 is 7.48. The molecular weight excluding hydrogens is 340 g/mol. The predicted molar refractivity (Wildman–Crippen MR) is 103 cm³/mol. The van der Waals surface area contributed by atoms with E-state index in [1.165, 1.54) is 0 Å². The number of hydrogen-bond donors (Lipinski definition) is 1. The van der Waals surface area contributed by atoms with Crippen molar-refractivity contribution in [3.8, 4) is 17.5 Å². The highest BCUT2D eigenvalue weighted by molar-refractivity contribution is 5.95. The van der Waals surface area contributed by atoms with Gasteiger partial charge in [0.05, 0.1) is 28.7 Å². The van der Waals surface area contributed by atoms with Crippen molar-refractivity contribution in [2.24, 2.45) is 0 Å². The third kappa shape index (κ3) is 4.15. The molecule has 0 aliphatic heterocycles. The number of aromatic nitrogens is 2. The average molecular weight is 360 g/mol. The van der Waals surface area contributed by atoms with Crippen LogP contribution >= 0.6 is 0 Å². The Kier molecular flexibility index (Phi) is 5.23. The molecular formula is C21H20N4O2. The molecule has 3 aromatic rings. The standard InChI is InChI=1S/C21H20N4O2/c1-14-12-15(2)25(24-14)20-7-5-4-6-19(20)23-21(26)16(3)27-18-10-8-17(13-22)9-11-18/h4-12,16H,1-3H3,(H,23,26). The number of nitriles is 1. The second-order valence-corrected chi connectivity index (χ2v) is 6.24. The van der Waals surface area contributed by atoms with E-state index in [-0.39, 0.29) is 5.91 Å². The first-order valence-corrected chi connectivity index (χ1v) is 8.58. The molecule has 1 amide bonds. The van der Waals surface area contributed by atoms with Gasteiger partial charge in [0.15, 0.2) is 6.10 Å². The number of benzene rings is 2. The number of hydrogen-bond acceptors (Lipinski definition) is 4. The van der Waals surface area contributed by atoms with Crippen LogP contribution in [0.2, 0.25) is 0 Å². The Balaban J connectivity index is 1.76. The third-order valence-corrected chi connectivity index (χ3v) is 4.07. The first-order valence-electron chi connectivity index (χ1n) is 8.58. The van der Waals surface area contributed by atoms with Crippen molar-refractivity contribution in [1.29, 1.82) is 5.26 Å². The molecule has 2 aromatic carbocycles. The lowest BCUT2D eigenvalue weighted by Crippen LogP contribution is -2.30. The molecule has 1 atom stereocenters. The van der Waals surface area contributed by atoms with E-state index in [4.69, 9.17) is 10.00 Å². The van der Waals surface area contributed by atoms with E-state index >= 15 is 0 Å². The summed E-state index contributed by atoms with van der Waals surface area (Å²) in [4.78, 5) is 12.6. The van der Waals surface area contributed by atoms with Crippen molar-refractivity contribution >= 4 is 11.6 Å². The topological polar surface area (TPSA) is 79.9 Å². The smallest absolute Gasteiger partial charge is 0.265 e. The van der Waals surface area contributed by atoms with Gasteiger partial charge in [-0.15, -0.1) is 0 Å². The summed E-state index contributed by atoms with van der Waals surface area (Å²) in [5.74, 6) is 0.261. The largest absolute Gasteiger partial charge is 0.481 e. The van der Waals surface area contributed by atoms with Gasteiger partial charge in [-0.05, 0) is 63.2 Å². The van der Waals surface area contributed by atoms with Gasteiger partial charge in [-0.25, -0.2) is 4.68 Å².